The van der Waals surface area contributed by atoms with Crippen LogP contribution < -0.4 is 10.5 Å². The Kier molecular flexibility index (Phi) is 2.35. The number of aromatic nitrogens is 3. The second kappa shape index (κ2) is 4.06. The van der Waals surface area contributed by atoms with Crippen molar-refractivity contribution < 1.29 is 0 Å². The Labute approximate surface area is 126 Å². The van der Waals surface area contributed by atoms with Gasteiger partial charge in [-0.25, -0.2) is 4.98 Å². The highest BCUT2D eigenvalue weighted by Crippen LogP contribution is 2.56. The highest BCUT2D eigenvalue weighted by atomic mass is 32.1. The summed E-state index contributed by atoms with van der Waals surface area (Å²) in [4.78, 5) is 19.8. The lowest BCUT2D eigenvalue weighted by Crippen LogP contribution is -2.59. The smallest absolute Gasteiger partial charge is 0.275 e. The number of hydrogen-bond donors (Lipinski definition) is 0. The minimum absolute atomic E-state index is 0.0515. The van der Waals surface area contributed by atoms with Crippen molar-refractivity contribution in [2.75, 3.05) is 11.4 Å². The zero-order valence-electron chi connectivity index (χ0n) is 12.0. The van der Waals surface area contributed by atoms with Crippen LogP contribution >= 0.6 is 11.3 Å². The molecule has 3 heterocycles. The van der Waals surface area contributed by atoms with Crippen molar-refractivity contribution in [2.24, 2.45) is 17.8 Å². The summed E-state index contributed by atoms with van der Waals surface area (Å²) in [6, 6.07) is 2.29. The van der Waals surface area contributed by atoms with Crippen LogP contribution in [-0.2, 0) is 6.42 Å². The Morgan fingerprint density at radius 1 is 1.38 bits per heavy atom. The van der Waals surface area contributed by atoms with Gasteiger partial charge in [-0.15, -0.1) is 5.10 Å². The van der Waals surface area contributed by atoms with Gasteiger partial charge >= 0.3 is 0 Å². The van der Waals surface area contributed by atoms with Crippen molar-refractivity contribution in [2.45, 2.75) is 38.6 Å². The standard InChI is InChI=1S/C15H18N4OS/c1-2-10-6-12(20)19-14(16-10)21-15(17-19)18-7-11-8-3-4-9(5-8)13(11)18/h6,8-9,11,13H,2-5,7H2,1H3/t8-,9-,11+,13-/m0/s1. The van der Waals surface area contributed by atoms with E-state index in [4.69, 9.17) is 0 Å². The Balaban J connectivity index is 1.54. The molecular weight excluding hydrogens is 284 g/mol. The summed E-state index contributed by atoms with van der Waals surface area (Å²) >= 11 is 1.57. The Hall–Kier alpha value is -1.43. The van der Waals surface area contributed by atoms with Gasteiger partial charge in [0.25, 0.3) is 5.56 Å². The molecule has 2 aliphatic carbocycles. The van der Waals surface area contributed by atoms with E-state index in [-0.39, 0.29) is 5.56 Å². The predicted octanol–water partition coefficient (Wildman–Crippen LogP) is 1.95. The average molecular weight is 302 g/mol. The summed E-state index contributed by atoms with van der Waals surface area (Å²) in [6.07, 6.45) is 5.01. The SMILES string of the molecule is CCc1cc(=O)n2nc(N3C[C@@H]4[C@H]5CC[C@@H](C5)[C@@H]43)sc2n1. The highest BCUT2D eigenvalue weighted by Gasteiger charge is 2.57. The Morgan fingerprint density at radius 3 is 3.05 bits per heavy atom. The van der Waals surface area contributed by atoms with E-state index in [1.165, 1.54) is 23.8 Å². The summed E-state index contributed by atoms with van der Waals surface area (Å²) < 4.78 is 1.47. The fraction of sp³-hybridized carbons (Fsp3) is 0.667. The van der Waals surface area contributed by atoms with Crippen molar-refractivity contribution in [3.63, 3.8) is 0 Å². The molecule has 1 saturated heterocycles. The Morgan fingerprint density at radius 2 is 2.24 bits per heavy atom. The molecule has 5 nitrogen and oxygen atoms in total. The number of fused-ring (bicyclic) bond motifs is 6. The number of rotatable bonds is 2. The number of aryl methyl sites for hydroxylation is 1. The van der Waals surface area contributed by atoms with Crippen molar-refractivity contribution in [1.29, 1.82) is 0 Å². The van der Waals surface area contributed by atoms with Gasteiger partial charge < -0.3 is 4.90 Å². The van der Waals surface area contributed by atoms with E-state index < -0.39 is 0 Å². The van der Waals surface area contributed by atoms with E-state index in [0.29, 0.717) is 6.04 Å². The largest absolute Gasteiger partial charge is 0.343 e. The maximum absolute atomic E-state index is 12.1. The van der Waals surface area contributed by atoms with Gasteiger partial charge in [0.1, 0.15) is 0 Å². The van der Waals surface area contributed by atoms with E-state index in [0.717, 1.165) is 46.5 Å². The van der Waals surface area contributed by atoms with Crippen LogP contribution in [0.25, 0.3) is 4.96 Å². The van der Waals surface area contributed by atoms with Crippen LogP contribution in [0.5, 0.6) is 0 Å². The monoisotopic (exact) mass is 302 g/mol. The second-order valence-corrected chi connectivity index (χ2v) is 7.59. The third kappa shape index (κ3) is 1.54. The molecule has 3 aliphatic rings. The van der Waals surface area contributed by atoms with Crippen LogP contribution in [-0.4, -0.2) is 27.2 Å². The highest BCUT2D eigenvalue weighted by molar-refractivity contribution is 7.20. The summed E-state index contributed by atoms with van der Waals surface area (Å²) in [5.41, 5.74) is 0.806. The van der Waals surface area contributed by atoms with Crippen molar-refractivity contribution >= 4 is 21.4 Å². The first kappa shape index (κ1) is 12.1. The van der Waals surface area contributed by atoms with Crippen LogP contribution in [0.2, 0.25) is 0 Å². The number of nitrogens with zero attached hydrogens (tertiary/aromatic N) is 4. The molecule has 0 spiro atoms. The van der Waals surface area contributed by atoms with E-state index in [1.54, 1.807) is 17.4 Å². The lowest BCUT2D eigenvalue weighted by Gasteiger charge is -2.50. The van der Waals surface area contributed by atoms with Crippen LogP contribution in [0, 0.1) is 17.8 Å². The van der Waals surface area contributed by atoms with Crippen molar-refractivity contribution in [1.82, 2.24) is 14.6 Å². The van der Waals surface area contributed by atoms with E-state index in [1.807, 2.05) is 6.92 Å². The molecule has 2 aromatic rings. The molecule has 3 fully saturated rings. The summed E-state index contributed by atoms with van der Waals surface area (Å²) in [6.45, 7) is 3.15. The number of hydrogen-bond acceptors (Lipinski definition) is 5. The molecule has 0 amide bonds. The molecule has 2 saturated carbocycles. The molecule has 0 aromatic carbocycles. The average Bonchev–Trinajstić information content (AvgIpc) is 3.10. The molecule has 110 valence electrons. The van der Waals surface area contributed by atoms with Crippen molar-refractivity contribution in [3.05, 3.63) is 22.1 Å². The van der Waals surface area contributed by atoms with Gasteiger partial charge in [-0.05, 0) is 37.5 Å². The molecule has 0 unspecified atom stereocenters. The van der Waals surface area contributed by atoms with Gasteiger partial charge in [-0.2, -0.15) is 4.52 Å². The molecule has 2 aromatic heterocycles. The van der Waals surface area contributed by atoms with Gasteiger partial charge in [0.15, 0.2) is 0 Å². The molecule has 4 atom stereocenters. The summed E-state index contributed by atoms with van der Waals surface area (Å²) in [5.74, 6) is 2.70. The fourth-order valence-electron chi connectivity index (χ4n) is 4.68. The summed E-state index contributed by atoms with van der Waals surface area (Å²) in [5, 5.41) is 5.53. The fourth-order valence-corrected chi connectivity index (χ4v) is 5.66. The lowest BCUT2D eigenvalue weighted by molar-refractivity contribution is 0.199. The summed E-state index contributed by atoms with van der Waals surface area (Å²) in [7, 11) is 0. The molecule has 1 aliphatic heterocycles. The number of anilines is 1. The third-order valence-electron chi connectivity index (χ3n) is 5.70. The molecule has 6 heteroatoms. The first-order chi connectivity index (χ1) is 10.2. The first-order valence-electron chi connectivity index (χ1n) is 7.91. The maximum atomic E-state index is 12.1. The lowest BCUT2D eigenvalue weighted by atomic mass is 9.77. The van der Waals surface area contributed by atoms with E-state index in [9.17, 15) is 4.79 Å². The normalized spacial score (nSPS) is 33.5. The second-order valence-electron chi connectivity index (χ2n) is 6.66. The van der Waals surface area contributed by atoms with E-state index >= 15 is 0 Å². The minimum atomic E-state index is -0.0515. The van der Waals surface area contributed by atoms with Gasteiger partial charge in [-0.3, -0.25) is 4.79 Å². The van der Waals surface area contributed by atoms with Crippen LogP contribution in [0.3, 0.4) is 0 Å². The Bertz CT molecular complexity index is 780. The molecular formula is C15H18N4OS. The molecule has 0 N–H and O–H groups in total. The minimum Gasteiger partial charge on any atom is -0.343 e. The van der Waals surface area contributed by atoms with Gasteiger partial charge in [0, 0.05) is 30.3 Å². The molecule has 5 rings (SSSR count). The van der Waals surface area contributed by atoms with Crippen LogP contribution in [0.1, 0.15) is 31.9 Å². The van der Waals surface area contributed by atoms with Gasteiger partial charge in [-0.1, -0.05) is 18.3 Å². The molecule has 2 bridgehead atoms. The molecule has 0 radical (unpaired) electrons. The quantitative estimate of drug-likeness (QED) is 0.851. The van der Waals surface area contributed by atoms with Crippen LogP contribution in [0.4, 0.5) is 5.13 Å². The third-order valence-corrected chi connectivity index (χ3v) is 6.65. The van der Waals surface area contributed by atoms with Gasteiger partial charge in [0.2, 0.25) is 10.1 Å². The molecule has 21 heavy (non-hydrogen) atoms. The van der Waals surface area contributed by atoms with Crippen LogP contribution in [0.15, 0.2) is 10.9 Å². The first-order valence-corrected chi connectivity index (χ1v) is 8.72. The van der Waals surface area contributed by atoms with Crippen molar-refractivity contribution in [3.8, 4) is 0 Å². The predicted molar refractivity (Wildman–Crippen MR) is 82.0 cm³/mol. The van der Waals surface area contributed by atoms with Gasteiger partial charge in [0.05, 0.1) is 0 Å². The maximum Gasteiger partial charge on any atom is 0.275 e. The zero-order valence-corrected chi connectivity index (χ0v) is 12.8. The van der Waals surface area contributed by atoms with E-state index in [2.05, 4.69) is 15.0 Å². The topological polar surface area (TPSA) is 50.5 Å². The zero-order chi connectivity index (χ0) is 14.1.